The molecule has 5 nitrogen and oxygen atoms in total. The van der Waals surface area contributed by atoms with Crippen LogP contribution in [0.25, 0.3) is 0 Å². The summed E-state index contributed by atoms with van der Waals surface area (Å²) in [5.41, 5.74) is -0.756. The van der Waals surface area contributed by atoms with Crippen molar-refractivity contribution in [3.63, 3.8) is 0 Å². The van der Waals surface area contributed by atoms with Gasteiger partial charge < -0.3 is 10.6 Å². The average molecular weight is 355 g/mol. The first-order chi connectivity index (χ1) is 11.9. The number of urea groups is 1. The van der Waals surface area contributed by atoms with Gasteiger partial charge in [0.1, 0.15) is 11.4 Å². The zero-order valence-electron chi connectivity index (χ0n) is 13.6. The molecule has 2 fully saturated rings. The van der Waals surface area contributed by atoms with E-state index in [1.165, 1.54) is 18.2 Å². The lowest BCUT2D eigenvalue weighted by Crippen LogP contribution is -2.57. The number of hydrogen-bond acceptors (Lipinski definition) is 3. The Bertz CT molecular complexity index is 664. The largest absolute Gasteiger partial charge is 0.325 e. The molecule has 2 heterocycles. The van der Waals surface area contributed by atoms with E-state index < -0.39 is 36.3 Å². The van der Waals surface area contributed by atoms with Crippen LogP contribution in [0, 0.1) is 11.7 Å². The molecule has 1 aromatic rings. The van der Waals surface area contributed by atoms with E-state index in [9.17, 15) is 22.8 Å². The second-order valence-electron chi connectivity index (χ2n) is 6.54. The molecule has 2 aliphatic rings. The third-order valence-electron chi connectivity index (χ3n) is 4.93. The summed E-state index contributed by atoms with van der Waals surface area (Å²) in [6, 6.07) is 4.98. The van der Waals surface area contributed by atoms with Crippen molar-refractivity contribution in [2.24, 2.45) is 5.92 Å². The van der Waals surface area contributed by atoms with Gasteiger partial charge in [-0.3, -0.25) is 9.69 Å². The number of imide groups is 1. The minimum Gasteiger partial charge on any atom is -0.322 e. The fourth-order valence-electron chi connectivity index (χ4n) is 3.77. The van der Waals surface area contributed by atoms with Gasteiger partial charge in [-0.1, -0.05) is 12.1 Å². The molecule has 0 bridgehead atoms. The van der Waals surface area contributed by atoms with Crippen molar-refractivity contribution in [3.05, 3.63) is 35.6 Å². The van der Waals surface area contributed by atoms with Crippen molar-refractivity contribution in [3.8, 4) is 0 Å². The SMILES string of the molecule is O=C1N[C@](Cc2cccc(F)c2)(C2CCNCC2)C(=O)N1CC(F)F. The Kier molecular flexibility index (Phi) is 4.99. The van der Waals surface area contributed by atoms with Gasteiger partial charge in [-0.2, -0.15) is 0 Å². The Balaban J connectivity index is 1.95. The second kappa shape index (κ2) is 7.03. The van der Waals surface area contributed by atoms with Crippen molar-refractivity contribution in [1.82, 2.24) is 15.5 Å². The van der Waals surface area contributed by atoms with E-state index in [-0.39, 0.29) is 12.3 Å². The van der Waals surface area contributed by atoms with E-state index in [0.717, 1.165) is 0 Å². The lowest BCUT2D eigenvalue weighted by molar-refractivity contribution is -0.135. The van der Waals surface area contributed by atoms with Crippen molar-refractivity contribution < 1.29 is 22.8 Å². The lowest BCUT2D eigenvalue weighted by atomic mass is 9.74. The molecule has 0 radical (unpaired) electrons. The molecular weight excluding hydrogens is 335 g/mol. The molecule has 2 N–H and O–H groups in total. The van der Waals surface area contributed by atoms with E-state index >= 15 is 0 Å². The third-order valence-corrected chi connectivity index (χ3v) is 4.93. The first kappa shape index (κ1) is 17.7. The van der Waals surface area contributed by atoms with Crippen LogP contribution >= 0.6 is 0 Å². The van der Waals surface area contributed by atoms with E-state index in [2.05, 4.69) is 10.6 Å². The van der Waals surface area contributed by atoms with Crippen molar-refractivity contribution in [1.29, 1.82) is 0 Å². The number of piperidine rings is 1. The second-order valence-corrected chi connectivity index (χ2v) is 6.54. The normalized spacial score (nSPS) is 24.9. The van der Waals surface area contributed by atoms with E-state index in [4.69, 9.17) is 0 Å². The monoisotopic (exact) mass is 355 g/mol. The highest BCUT2D eigenvalue weighted by Crippen LogP contribution is 2.35. The van der Waals surface area contributed by atoms with Crippen LogP contribution in [0.1, 0.15) is 18.4 Å². The van der Waals surface area contributed by atoms with Crippen LogP contribution in [0.2, 0.25) is 0 Å². The van der Waals surface area contributed by atoms with Crippen LogP contribution in [-0.2, 0) is 11.2 Å². The summed E-state index contributed by atoms with van der Waals surface area (Å²) in [6.07, 6.45) is -1.46. The number of halogens is 3. The highest BCUT2D eigenvalue weighted by Gasteiger charge is 2.55. The summed E-state index contributed by atoms with van der Waals surface area (Å²) in [4.78, 5) is 25.8. The first-order valence-electron chi connectivity index (χ1n) is 8.30. The molecule has 0 aliphatic carbocycles. The van der Waals surface area contributed by atoms with Crippen LogP contribution in [0.15, 0.2) is 24.3 Å². The maximum atomic E-state index is 13.5. The van der Waals surface area contributed by atoms with Crippen LogP contribution < -0.4 is 10.6 Å². The summed E-state index contributed by atoms with van der Waals surface area (Å²) in [6.45, 7) is 0.418. The number of nitrogens with zero attached hydrogens (tertiary/aromatic N) is 1. The van der Waals surface area contributed by atoms with E-state index in [1.807, 2.05) is 0 Å². The Morgan fingerprint density at radius 1 is 1.24 bits per heavy atom. The maximum Gasteiger partial charge on any atom is 0.325 e. The zero-order valence-corrected chi connectivity index (χ0v) is 13.6. The molecule has 136 valence electrons. The molecule has 2 saturated heterocycles. The van der Waals surface area contributed by atoms with Gasteiger partial charge in [0, 0.05) is 6.42 Å². The summed E-state index contributed by atoms with van der Waals surface area (Å²) in [7, 11) is 0. The van der Waals surface area contributed by atoms with Crippen LogP contribution in [0.5, 0.6) is 0 Å². The van der Waals surface area contributed by atoms with Crippen molar-refractivity contribution in [2.45, 2.75) is 31.2 Å². The highest BCUT2D eigenvalue weighted by atomic mass is 19.3. The van der Waals surface area contributed by atoms with Crippen LogP contribution in [0.4, 0.5) is 18.0 Å². The quantitative estimate of drug-likeness (QED) is 0.794. The highest BCUT2D eigenvalue weighted by molar-refractivity contribution is 6.07. The zero-order chi connectivity index (χ0) is 18.0. The van der Waals surface area contributed by atoms with Gasteiger partial charge in [0.25, 0.3) is 12.3 Å². The molecule has 1 atom stereocenters. The van der Waals surface area contributed by atoms with Crippen molar-refractivity contribution >= 4 is 11.9 Å². The lowest BCUT2D eigenvalue weighted by Gasteiger charge is -2.38. The van der Waals surface area contributed by atoms with Gasteiger partial charge in [-0.05, 0) is 49.5 Å². The molecule has 8 heteroatoms. The standard InChI is InChI=1S/C17H20F3N3O2/c18-13-3-1-2-11(8-13)9-17(12-4-6-21-7-5-12)15(24)23(10-14(19)20)16(25)22-17/h1-3,8,12,14,21H,4-7,9-10H2,(H,22,25)/t17-/m1/s1. The molecule has 0 aromatic heterocycles. The Morgan fingerprint density at radius 2 is 1.96 bits per heavy atom. The maximum absolute atomic E-state index is 13.5. The fourth-order valence-corrected chi connectivity index (χ4v) is 3.77. The van der Waals surface area contributed by atoms with Gasteiger partial charge in [0.05, 0.1) is 6.54 Å². The molecule has 1 aromatic carbocycles. The predicted molar refractivity (Wildman–Crippen MR) is 84.7 cm³/mol. The molecular formula is C17H20F3N3O2. The molecule has 25 heavy (non-hydrogen) atoms. The number of nitrogens with one attached hydrogen (secondary N) is 2. The molecule has 3 amide bonds. The third kappa shape index (κ3) is 3.49. The Morgan fingerprint density at radius 3 is 2.60 bits per heavy atom. The number of carbonyl (C=O) groups excluding carboxylic acids is 2. The fraction of sp³-hybridized carbons (Fsp3) is 0.529. The van der Waals surface area contributed by atoms with E-state index in [1.54, 1.807) is 6.07 Å². The topological polar surface area (TPSA) is 61.4 Å². The van der Waals surface area contributed by atoms with Crippen LogP contribution in [0.3, 0.4) is 0 Å². The molecule has 3 rings (SSSR count). The number of hydrogen-bond donors (Lipinski definition) is 2. The summed E-state index contributed by atoms with van der Waals surface area (Å²) < 4.78 is 39.1. The van der Waals surface area contributed by atoms with Gasteiger partial charge in [0.15, 0.2) is 0 Å². The van der Waals surface area contributed by atoms with Gasteiger partial charge in [-0.15, -0.1) is 0 Å². The van der Waals surface area contributed by atoms with Gasteiger partial charge >= 0.3 is 6.03 Å². The van der Waals surface area contributed by atoms with Crippen molar-refractivity contribution in [2.75, 3.05) is 19.6 Å². The van der Waals surface area contributed by atoms with Crippen LogP contribution in [-0.4, -0.2) is 48.4 Å². The minimum atomic E-state index is -2.80. The summed E-state index contributed by atoms with van der Waals surface area (Å²) in [5, 5.41) is 5.84. The number of amides is 3. The average Bonchev–Trinajstić information content (AvgIpc) is 2.80. The van der Waals surface area contributed by atoms with E-state index in [0.29, 0.717) is 36.4 Å². The Hall–Kier alpha value is -2.09. The summed E-state index contributed by atoms with van der Waals surface area (Å²) >= 11 is 0. The smallest absolute Gasteiger partial charge is 0.322 e. The number of rotatable bonds is 5. The summed E-state index contributed by atoms with van der Waals surface area (Å²) in [5.74, 6) is -1.29. The first-order valence-corrected chi connectivity index (χ1v) is 8.30. The number of benzene rings is 1. The molecule has 0 saturated carbocycles. The molecule has 0 unspecified atom stereocenters. The predicted octanol–water partition coefficient (Wildman–Crippen LogP) is 1.92. The Labute approximate surface area is 143 Å². The number of carbonyl (C=O) groups is 2. The van der Waals surface area contributed by atoms with Gasteiger partial charge in [0.2, 0.25) is 0 Å². The minimum absolute atomic E-state index is 0.0831. The molecule has 0 spiro atoms. The number of alkyl halides is 2. The molecule has 2 aliphatic heterocycles. The van der Waals surface area contributed by atoms with Gasteiger partial charge in [-0.25, -0.2) is 18.0 Å².